The van der Waals surface area contributed by atoms with Gasteiger partial charge in [0, 0.05) is 10.9 Å². The molecule has 17 heavy (non-hydrogen) atoms. The second-order valence-corrected chi connectivity index (χ2v) is 4.06. The molecule has 1 aromatic carbocycles. The van der Waals surface area contributed by atoms with Gasteiger partial charge in [-0.05, 0) is 37.1 Å². The molecule has 0 aliphatic rings. The number of aromatic amines is 1. The van der Waals surface area contributed by atoms with Crippen LogP contribution in [0.5, 0.6) is 0 Å². The maximum atomic E-state index is 12.8. The highest BCUT2D eigenvalue weighted by Gasteiger charge is 2.35. The van der Waals surface area contributed by atoms with Gasteiger partial charge in [0.05, 0.1) is 0 Å². The lowest BCUT2D eigenvalue weighted by atomic mass is 10.1. The van der Waals surface area contributed by atoms with Crippen LogP contribution >= 0.6 is 0 Å². The highest BCUT2D eigenvalue weighted by atomic mass is 19.4. The second-order valence-electron chi connectivity index (χ2n) is 4.06. The molecule has 0 saturated heterocycles. The van der Waals surface area contributed by atoms with Crippen molar-refractivity contribution in [3.63, 3.8) is 0 Å². The van der Waals surface area contributed by atoms with Crippen LogP contribution in [0.15, 0.2) is 18.2 Å². The number of alkyl halides is 3. The zero-order valence-electron chi connectivity index (χ0n) is 9.36. The number of hydrogen-bond donors (Lipinski definition) is 2. The molecule has 0 saturated carbocycles. The van der Waals surface area contributed by atoms with Crippen LogP contribution in [0.25, 0.3) is 10.9 Å². The summed E-state index contributed by atoms with van der Waals surface area (Å²) in [5, 5.41) is 0.605. The molecule has 0 radical (unpaired) electrons. The molecular weight excluding hydrogens is 229 g/mol. The number of rotatable bonds is 2. The summed E-state index contributed by atoms with van der Waals surface area (Å²) in [6, 6.07) is 5.22. The minimum atomic E-state index is -4.36. The summed E-state index contributed by atoms with van der Waals surface area (Å²) in [5.41, 5.74) is 6.39. The van der Waals surface area contributed by atoms with Crippen LogP contribution in [0, 0.1) is 6.92 Å². The van der Waals surface area contributed by atoms with Crippen molar-refractivity contribution in [1.29, 1.82) is 0 Å². The van der Waals surface area contributed by atoms with Crippen molar-refractivity contribution in [2.24, 2.45) is 5.73 Å². The molecule has 0 aliphatic carbocycles. The van der Waals surface area contributed by atoms with Crippen molar-refractivity contribution >= 4 is 10.9 Å². The van der Waals surface area contributed by atoms with E-state index in [2.05, 4.69) is 4.98 Å². The Morgan fingerprint density at radius 3 is 2.59 bits per heavy atom. The molecule has 1 heterocycles. The number of fused-ring (bicyclic) bond motifs is 1. The van der Waals surface area contributed by atoms with Crippen molar-refractivity contribution < 1.29 is 13.2 Å². The predicted molar refractivity (Wildman–Crippen MR) is 60.8 cm³/mol. The van der Waals surface area contributed by atoms with Gasteiger partial charge in [0.2, 0.25) is 0 Å². The van der Waals surface area contributed by atoms with Crippen LogP contribution in [0.1, 0.15) is 16.8 Å². The third-order valence-corrected chi connectivity index (χ3v) is 2.74. The van der Waals surface area contributed by atoms with Gasteiger partial charge in [0.15, 0.2) is 0 Å². The molecule has 0 bridgehead atoms. The first-order chi connectivity index (χ1) is 7.93. The largest absolute Gasteiger partial charge is 0.431 e. The summed E-state index contributed by atoms with van der Waals surface area (Å²) in [6.07, 6.45) is -4.14. The van der Waals surface area contributed by atoms with Gasteiger partial charge in [-0.1, -0.05) is 12.1 Å². The number of halogens is 3. The first kappa shape index (κ1) is 12.0. The Morgan fingerprint density at radius 1 is 1.29 bits per heavy atom. The normalized spacial score (nSPS) is 12.3. The van der Waals surface area contributed by atoms with E-state index in [1.807, 2.05) is 6.92 Å². The Kier molecular flexibility index (Phi) is 2.87. The molecule has 0 amide bonds. The molecular formula is C12H13F3N2. The maximum absolute atomic E-state index is 12.8. The zero-order chi connectivity index (χ0) is 12.6. The molecule has 0 aliphatic heterocycles. The first-order valence-electron chi connectivity index (χ1n) is 5.32. The van der Waals surface area contributed by atoms with E-state index in [0.29, 0.717) is 10.9 Å². The number of benzene rings is 1. The number of nitrogens with two attached hydrogens (primary N) is 1. The quantitative estimate of drug-likeness (QED) is 0.835. The Labute approximate surface area is 96.6 Å². The molecule has 2 rings (SSSR count). The van der Waals surface area contributed by atoms with Gasteiger partial charge in [-0.15, -0.1) is 0 Å². The summed E-state index contributed by atoms with van der Waals surface area (Å²) < 4.78 is 38.5. The monoisotopic (exact) mass is 242 g/mol. The van der Waals surface area contributed by atoms with Crippen LogP contribution in [-0.2, 0) is 12.6 Å². The van der Waals surface area contributed by atoms with Crippen molar-refractivity contribution in [2.45, 2.75) is 19.5 Å². The lowest BCUT2D eigenvalue weighted by molar-refractivity contribution is -0.141. The average molecular weight is 242 g/mol. The van der Waals surface area contributed by atoms with E-state index in [1.54, 1.807) is 18.2 Å². The van der Waals surface area contributed by atoms with Crippen molar-refractivity contribution in [2.75, 3.05) is 6.54 Å². The van der Waals surface area contributed by atoms with E-state index < -0.39 is 11.9 Å². The third-order valence-electron chi connectivity index (χ3n) is 2.74. The SMILES string of the molecule is Cc1ccc2c(CCN)c(C(F)(F)F)[nH]c2c1. The van der Waals surface area contributed by atoms with Crippen molar-refractivity contribution in [3.05, 3.63) is 35.0 Å². The van der Waals surface area contributed by atoms with E-state index in [1.165, 1.54) is 0 Å². The van der Waals surface area contributed by atoms with Crippen LogP contribution in [0.2, 0.25) is 0 Å². The van der Waals surface area contributed by atoms with Crippen LogP contribution in [-0.4, -0.2) is 11.5 Å². The fourth-order valence-electron chi connectivity index (χ4n) is 2.02. The standard InChI is InChI=1S/C12H13F3N2/c1-7-2-3-8-9(4-5-16)11(12(13,14)15)17-10(8)6-7/h2-3,6,17H,4-5,16H2,1H3. The van der Waals surface area contributed by atoms with Gasteiger partial charge < -0.3 is 10.7 Å². The molecule has 2 nitrogen and oxygen atoms in total. The number of aryl methyl sites for hydroxylation is 1. The highest BCUT2D eigenvalue weighted by molar-refractivity contribution is 5.85. The lowest BCUT2D eigenvalue weighted by Gasteiger charge is -2.07. The Hall–Kier alpha value is -1.49. The molecule has 1 aromatic heterocycles. The summed E-state index contributed by atoms with van der Waals surface area (Å²) in [5.74, 6) is 0. The van der Waals surface area contributed by atoms with Gasteiger partial charge in [-0.25, -0.2) is 0 Å². The summed E-state index contributed by atoms with van der Waals surface area (Å²) in [7, 11) is 0. The van der Waals surface area contributed by atoms with Gasteiger partial charge >= 0.3 is 6.18 Å². The molecule has 0 fully saturated rings. The van der Waals surface area contributed by atoms with Gasteiger partial charge in [0.1, 0.15) is 5.69 Å². The summed E-state index contributed by atoms with van der Waals surface area (Å²) in [4.78, 5) is 2.45. The summed E-state index contributed by atoms with van der Waals surface area (Å²) >= 11 is 0. The molecule has 0 spiro atoms. The van der Waals surface area contributed by atoms with Gasteiger partial charge in [-0.2, -0.15) is 13.2 Å². The first-order valence-corrected chi connectivity index (χ1v) is 5.32. The number of nitrogens with one attached hydrogen (secondary N) is 1. The average Bonchev–Trinajstić information content (AvgIpc) is 2.56. The summed E-state index contributed by atoms with van der Waals surface area (Å²) in [6.45, 7) is 2.04. The van der Waals surface area contributed by atoms with Gasteiger partial charge in [0.25, 0.3) is 0 Å². The number of aromatic nitrogens is 1. The van der Waals surface area contributed by atoms with Crippen molar-refractivity contribution in [3.8, 4) is 0 Å². The van der Waals surface area contributed by atoms with E-state index in [-0.39, 0.29) is 18.5 Å². The topological polar surface area (TPSA) is 41.8 Å². The molecule has 3 N–H and O–H groups in total. The Bertz CT molecular complexity index is 540. The van der Waals surface area contributed by atoms with E-state index in [4.69, 9.17) is 5.73 Å². The smallest absolute Gasteiger partial charge is 0.351 e. The molecule has 2 aromatic rings. The maximum Gasteiger partial charge on any atom is 0.431 e. The zero-order valence-corrected chi connectivity index (χ0v) is 9.36. The predicted octanol–water partition coefficient (Wildman–Crippen LogP) is 3.00. The highest BCUT2D eigenvalue weighted by Crippen LogP contribution is 2.35. The molecule has 0 atom stereocenters. The Morgan fingerprint density at radius 2 is 2.00 bits per heavy atom. The number of H-pyrrole nitrogens is 1. The minimum absolute atomic E-state index is 0.198. The van der Waals surface area contributed by atoms with Crippen LogP contribution in [0.4, 0.5) is 13.2 Å². The number of hydrogen-bond acceptors (Lipinski definition) is 1. The molecule has 92 valence electrons. The molecule has 0 unspecified atom stereocenters. The Balaban J connectivity index is 2.70. The third kappa shape index (κ3) is 2.15. The van der Waals surface area contributed by atoms with E-state index >= 15 is 0 Å². The van der Waals surface area contributed by atoms with E-state index in [9.17, 15) is 13.2 Å². The van der Waals surface area contributed by atoms with Crippen molar-refractivity contribution in [1.82, 2.24) is 4.98 Å². The fraction of sp³-hybridized carbons (Fsp3) is 0.333. The lowest BCUT2D eigenvalue weighted by Crippen LogP contribution is -2.11. The van der Waals surface area contributed by atoms with Crippen LogP contribution in [0.3, 0.4) is 0 Å². The second kappa shape index (κ2) is 4.07. The van der Waals surface area contributed by atoms with Gasteiger partial charge in [-0.3, -0.25) is 0 Å². The fourth-order valence-corrected chi connectivity index (χ4v) is 2.02. The molecule has 5 heteroatoms. The van der Waals surface area contributed by atoms with Crippen LogP contribution < -0.4 is 5.73 Å². The van der Waals surface area contributed by atoms with E-state index in [0.717, 1.165) is 5.56 Å². The minimum Gasteiger partial charge on any atom is -0.351 e.